The number of carbonyl (C=O) groups excluding carboxylic acids is 4. The summed E-state index contributed by atoms with van der Waals surface area (Å²) in [5.74, 6) is -6.00. The van der Waals surface area contributed by atoms with E-state index in [-0.39, 0.29) is 37.7 Å². The third-order valence-electron chi connectivity index (χ3n) is 5.78. The molecular formula is C23H21F2N3O5. The van der Waals surface area contributed by atoms with E-state index in [1.54, 1.807) is 18.2 Å². The number of carbonyl (C=O) groups is 4. The van der Waals surface area contributed by atoms with Crippen LogP contribution >= 0.6 is 0 Å². The number of rotatable bonds is 6. The molecule has 2 aromatic rings. The number of imide groups is 1. The Balaban J connectivity index is 1.42. The fourth-order valence-electron chi connectivity index (χ4n) is 3.96. The summed E-state index contributed by atoms with van der Waals surface area (Å²) < 4.78 is 34.0. The lowest BCUT2D eigenvalue weighted by Gasteiger charge is -2.29. The summed E-state index contributed by atoms with van der Waals surface area (Å²) in [5.41, 5.74) is 1.10. The van der Waals surface area contributed by atoms with Crippen molar-refractivity contribution >= 4 is 23.6 Å². The van der Waals surface area contributed by atoms with Gasteiger partial charge in [-0.2, -0.15) is 8.78 Å². The average molecular weight is 457 g/mol. The van der Waals surface area contributed by atoms with Gasteiger partial charge in [-0.3, -0.25) is 24.5 Å². The van der Waals surface area contributed by atoms with Crippen molar-refractivity contribution in [2.75, 3.05) is 7.11 Å². The molecule has 2 aliphatic rings. The molecule has 0 bridgehead atoms. The lowest BCUT2D eigenvalue weighted by molar-refractivity contribution is -0.147. The first-order valence-electron chi connectivity index (χ1n) is 10.3. The molecule has 4 amide bonds. The zero-order chi connectivity index (χ0) is 23.8. The first kappa shape index (κ1) is 22.4. The number of alkyl halides is 2. The molecule has 172 valence electrons. The monoisotopic (exact) mass is 457 g/mol. The van der Waals surface area contributed by atoms with Crippen LogP contribution in [0, 0.1) is 0 Å². The first-order valence-corrected chi connectivity index (χ1v) is 10.3. The summed E-state index contributed by atoms with van der Waals surface area (Å²) in [6, 6.07) is 8.97. The molecule has 4 rings (SSSR count). The van der Waals surface area contributed by atoms with Crippen molar-refractivity contribution in [3.8, 4) is 5.75 Å². The van der Waals surface area contributed by atoms with Crippen LogP contribution < -0.4 is 15.4 Å². The van der Waals surface area contributed by atoms with E-state index in [2.05, 4.69) is 10.6 Å². The van der Waals surface area contributed by atoms with Gasteiger partial charge in [-0.05, 0) is 47.9 Å². The van der Waals surface area contributed by atoms with E-state index in [0.717, 1.165) is 12.1 Å². The van der Waals surface area contributed by atoms with Gasteiger partial charge in [-0.25, -0.2) is 0 Å². The van der Waals surface area contributed by atoms with Gasteiger partial charge in [0.2, 0.25) is 11.8 Å². The number of halogens is 2. The Bertz CT molecular complexity index is 1130. The fourth-order valence-corrected chi connectivity index (χ4v) is 3.96. The average Bonchev–Trinajstić information content (AvgIpc) is 3.12. The lowest BCUT2D eigenvalue weighted by atomic mass is 10.0. The molecule has 2 N–H and O–H groups in total. The topological polar surface area (TPSA) is 105 Å². The number of nitrogens with one attached hydrogen (secondary N) is 2. The molecule has 33 heavy (non-hydrogen) atoms. The number of amides is 4. The number of methoxy groups -OCH3 is 1. The van der Waals surface area contributed by atoms with Crippen LogP contribution in [-0.4, -0.2) is 41.7 Å². The summed E-state index contributed by atoms with van der Waals surface area (Å²) >= 11 is 0. The van der Waals surface area contributed by atoms with Crippen LogP contribution in [0.1, 0.15) is 39.9 Å². The van der Waals surface area contributed by atoms with Gasteiger partial charge in [-0.15, -0.1) is 0 Å². The standard InChI is InChI=1S/C23H21F2N3O5/c1-33-16-5-3-15(4-6-16)23(24,25)22(32)26-11-13-2-7-17-14(10-13)12-28(21(17)31)18-8-9-19(29)27-20(18)30/h2-7,10,18H,8-9,11-12H2,1H3,(H,26,32)(H,27,29,30). The largest absolute Gasteiger partial charge is 0.497 e. The molecule has 0 radical (unpaired) electrons. The van der Waals surface area contributed by atoms with Gasteiger partial charge in [-0.1, -0.05) is 12.1 Å². The van der Waals surface area contributed by atoms with Crippen molar-refractivity contribution in [3.63, 3.8) is 0 Å². The number of piperidine rings is 1. The molecule has 8 nitrogen and oxygen atoms in total. The molecule has 2 aromatic carbocycles. The maximum Gasteiger partial charge on any atom is 0.349 e. The van der Waals surface area contributed by atoms with Crippen molar-refractivity contribution < 1.29 is 32.7 Å². The van der Waals surface area contributed by atoms with Crippen LogP contribution in [0.25, 0.3) is 0 Å². The second-order valence-corrected chi connectivity index (χ2v) is 7.88. The van der Waals surface area contributed by atoms with Crippen LogP contribution in [-0.2, 0) is 33.4 Å². The summed E-state index contributed by atoms with van der Waals surface area (Å²) in [7, 11) is 1.41. The Hall–Kier alpha value is -3.82. The molecule has 0 saturated carbocycles. The first-order chi connectivity index (χ1) is 15.7. The minimum absolute atomic E-state index is 0.149. The van der Waals surface area contributed by atoms with Crippen LogP contribution in [0.5, 0.6) is 5.75 Å². The van der Waals surface area contributed by atoms with Gasteiger partial charge < -0.3 is 15.0 Å². The second kappa shape index (κ2) is 8.61. The van der Waals surface area contributed by atoms with Gasteiger partial charge in [0.25, 0.3) is 11.8 Å². The van der Waals surface area contributed by atoms with E-state index in [9.17, 15) is 28.0 Å². The number of fused-ring (bicyclic) bond motifs is 1. The third-order valence-corrected chi connectivity index (χ3v) is 5.78. The smallest absolute Gasteiger partial charge is 0.349 e. The third kappa shape index (κ3) is 4.28. The minimum Gasteiger partial charge on any atom is -0.497 e. The highest BCUT2D eigenvalue weighted by Crippen LogP contribution is 2.31. The zero-order valence-corrected chi connectivity index (χ0v) is 17.7. The number of hydrogen-bond acceptors (Lipinski definition) is 5. The van der Waals surface area contributed by atoms with E-state index in [1.807, 2.05) is 0 Å². The SMILES string of the molecule is COc1ccc(C(F)(F)C(=O)NCc2ccc3c(c2)CN(C2CCC(=O)NC2=O)C3=O)cc1. The molecule has 2 heterocycles. The van der Waals surface area contributed by atoms with Gasteiger partial charge in [0.1, 0.15) is 11.8 Å². The Morgan fingerprint density at radius 2 is 1.91 bits per heavy atom. The van der Waals surface area contributed by atoms with Crippen LogP contribution in [0.3, 0.4) is 0 Å². The molecule has 2 aliphatic heterocycles. The fraction of sp³-hybridized carbons (Fsp3) is 0.304. The van der Waals surface area contributed by atoms with E-state index < -0.39 is 29.3 Å². The van der Waals surface area contributed by atoms with Crippen LogP contribution in [0.15, 0.2) is 42.5 Å². The van der Waals surface area contributed by atoms with E-state index in [1.165, 1.54) is 24.1 Å². The quantitative estimate of drug-likeness (QED) is 0.645. The van der Waals surface area contributed by atoms with E-state index in [4.69, 9.17) is 4.74 Å². The lowest BCUT2D eigenvalue weighted by Crippen LogP contribution is -2.52. The predicted octanol–water partition coefficient (Wildman–Crippen LogP) is 1.86. The maximum absolute atomic E-state index is 14.5. The minimum atomic E-state index is -3.73. The number of ether oxygens (including phenoxy) is 1. The van der Waals surface area contributed by atoms with Gasteiger partial charge in [0.05, 0.1) is 7.11 Å². The van der Waals surface area contributed by atoms with Crippen molar-refractivity contribution in [1.82, 2.24) is 15.5 Å². The molecule has 1 atom stereocenters. The molecule has 1 fully saturated rings. The summed E-state index contributed by atoms with van der Waals surface area (Å²) in [4.78, 5) is 49.8. The number of hydrogen-bond donors (Lipinski definition) is 2. The van der Waals surface area contributed by atoms with Gasteiger partial charge in [0.15, 0.2) is 0 Å². The summed E-state index contributed by atoms with van der Waals surface area (Å²) in [5, 5.41) is 4.47. The van der Waals surface area contributed by atoms with Crippen LogP contribution in [0.4, 0.5) is 8.78 Å². The van der Waals surface area contributed by atoms with Crippen molar-refractivity contribution in [3.05, 3.63) is 64.7 Å². The van der Waals surface area contributed by atoms with Crippen molar-refractivity contribution in [1.29, 1.82) is 0 Å². The molecule has 0 aromatic heterocycles. The normalized spacial score (nSPS) is 18.1. The van der Waals surface area contributed by atoms with E-state index >= 15 is 0 Å². The van der Waals surface area contributed by atoms with Crippen molar-refractivity contribution in [2.45, 2.75) is 37.9 Å². The second-order valence-electron chi connectivity index (χ2n) is 7.88. The summed E-state index contributed by atoms with van der Waals surface area (Å²) in [6.07, 6.45) is 0.393. The molecule has 1 unspecified atom stereocenters. The highest BCUT2D eigenvalue weighted by atomic mass is 19.3. The molecule has 0 spiro atoms. The predicted molar refractivity (Wildman–Crippen MR) is 111 cm³/mol. The molecule has 1 saturated heterocycles. The van der Waals surface area contributed by atoms with Gasteiger partial charge >= 0.3 is 5.92 Å². The maximum atomic E-state index is 14.5. The Morgan fingerprint density at radius 3 is 2.58 bits per heavy atom. The Morgan fingerprint density at radius 1 is 1.18 bits per heavy atom. The van der Waals surface area contributed by atoms with Crippen molar-refractivity contribution in [2.24, 2.45) is 0 Å². The molecule has 10 heteroatoms. The number of benzene rings is 2. The van der Waals surface area contributed by atoms with Crippen LogP contribution in [0.2, 0.25) is 0 Å². The Kier molecular flexibility index (Phi) is 5.84. The molecular weight excluding hydrogens is 436 g/mol. The molecule has 0 aliphatic carbocycles. The highest BCUT2D eigenvalue weighted by molar-refractivity contribution is 6.05. The highest BCUT2D eigenvalue weighted by Gasteiger charge is 2.41. The Labute approximate surface area is 187 Å². The van der Waals surface area contributed by atoms with Gasteiger partial charge in [0, 0.05) is 30.6 Å². The zero-order valence-electron chi connectivity index (χ0n) is 17.7. The van der Waals surface area contributed by atoms with E-state index in [0.29, 0.717) is 22.4 Å². The number of nitrogens with zero attached hydrogens (tertiary/aromatic N) is 1. The summed E-state index contributed by atoms with van der Waals surface area (Å²) in [6.45, 7) is -0.00525.